The van der Waals surface area contributed by atoms with Crippen LogP contribution in [0.1, 0.15) is 17.3 Å². The van der Waals surface area contributed by atoms with Gasteiger partial charge < -0.3 is 9.47 Å². The van der Waals surface area contributed by atoms with Gasteiger partial charge in [0.1, 0.15) is 5.84 Å². The topological polar surface area (TPSA) is 37.8 Å². The van der Waals surface area contributed by atoms with Gasteiger partial charge in [0, 0.05) is 39.8 Å². The van der Waals surface area contributed by atoms with Gasteiger partial charge in [-0.1, -0.05) is 146 Å². The summed E-state index contributed by atoms with van der Waals surface area (Å²) in [4.78, 5) is 13.0. The predicted molar refractivity (Wildman–Crippen MR) is 239 cm³/mol. The molecule has 9 aromatic carbocycles. The summed E-state index contributed by atoms with van der Waals surface area (Å²) in [7, 11) is 2.11. The number of nitrogens with zero attached hydrogens (tertiary/aromatic N) is 5. The summed E-state index contributed by atoms with van der Waals surface area (Å²) in [6, 6.07) is 67.8. The van der Waals surface area contributed by atoms with Gasteiger partial charge in [-0.25, -0.2) is 4.99 Å². The van der Waals surface area contributed by atoms with Gasteiger partial charge in [0.25, 0.3) is 0 Å². The number of hydrogen-bond acceptors (Lipinski definition) is 3. The van der Waals surface area contributed by atoms with Crippen LogP contribution >= 0.6 is 0 Å². The maximum absolute atomic E-state index is 5.44. The van der Waals surface area contributed by atoms with Crippen LogP contribution in [0.15, 0.2) is 198 Å². The summed E-state index contributed by atoms with van der Waals surface area (Å²) in [5.41, 5.74) is 7.92. The van der Waals surface area contributed by atoms with E-state index in [1.807, 2.05) is 0 Å². The smallest absolute Gasteiger partial charge is 0.234 e. The molecule has 57 heavy (non-hydrogen) atoms. The zero-order valence-corrected chi connectivity index (χ0v) is 31.2. The van der Waals surface area contributed by atoms with E-state index in [0.717, 1.165) is 33.7 Å². The first-order chi connectivity index (χ1) is 28.2. The maximum Gasteiger partial charge on any atom is 0.234 e. The highest BCUT2D eigenvalue weighted by molar-refractivity contribution is 6.27. The molecule has 0 aliphatic carbocycles. The number of rotatable bonds is 3. The SMILES string of the molecule is CN1C(c2ccc3c4ccc(-n5c6ccccc6c6ccccc65)cc4c4ccccc4c3c2)=NC(n2c3ccccc3c3ccccc32)=NC1c1ccccc1. The number of aliphatic imine (C=N–C) groups is 2. The largest absolute Gasteiger partial charge is 0.333 e. The Morgan fingerprint density at radius 2 is 0.825 bits per heavy atom. The Hall–Kier alpha value is -7.50. The molecule has 0 N–H and O–H groups in total. The Morgan fingerprint density at radius 1 is 0.386 bits per heavy atom. The van der Waals surface area contributed by atoms with Gasteiger partial charge in [-0.2, -0.15) is 4.99 Å². The fourth-order valence-electron chi connectivity index (χ4n) is 9.38. The predicted octanol–water partition coefficient (Wildman–Crippen LogP) is 12.6. The van der Waals surface area contributed by atoms with E-state index in [-0.39, 0.29) is 6.17 Å². The minimum atomic E-state index is -0.267. The lowest BCUT2D eigenvalue weighted by atomic mass is 9.92. The third-order valence-electron chi connectivity index (χ3n) is 11.9. The molecule has 2 aromatic heterocycles. The van der Waals surface area contributed by atoms with E-state index in [1.54, 1.807) is 0 Å². The summed E-state index contributed by atoms with van der Waals surface area (Å²) < 4.78 is 4.63. The quantitative estimate of drug-likeness (QED) is 0.167. The van der Waals surface area contributed by atoms with Gasteiger partial charge in [-0.15, -0.1) is 0 Å². The molecule has 0 saturated carbocycles. The Balaban J connectivity index is 1.07. The van der Waals surface area contributed by atoms with Crippen LogP contribution in [0.3, 0.4) is 0 Å². The Kier molecular flexibility index (Phi) is 6.84. The van der Waals surface area contributed by atoms with Crippen LogP contribution in [-0.4, -0.2) is 32.9 Å². The second kappa shape index (κ2) is 12.3. The highest BCUT2D eigenvalue weighted by atomic mass is 15.4. The van der Waals surface area contributed by atoms with E-state index >= 15 is 0 Å². The molecule has 1 aliphatic heterocycles. The second-order valence-corrected chi connectivity index (χ2v) is 15.0. The van der Waals surface area contributed by atoms with Crippen LogP contribution in [0.5, 0.6) is 0 Å². The summed E-state index contributed by atoms with van der Waals surface area (Å²) >= 11 is 0. The molecule has 1 atom stereocenters. The molecule has 5 heteroatoms. The van der Waals surface area contributed by atoms with Crippen LogP contribution in [0, 0.1) is 0 Å². The first kappa shape index (κ1) is 31.8. The number of para-hydroxylation sites is 4. The molecule has 0 bridgehead atoms. The van der Waals surface area contributed by atoms with Crippen molar-refractivity contribution < 1.29 is 0 Å². The zero-order chi connectivity index (χ0) is 37.6. The van der Waals surface area contributed by atoms with Crippen LogP contribution < -0.4 is 0 Å². The number of hydrogen-bond donors (Lipinski definition) is 0. The molecule has 5 nitrogen and oxygen atoms in total. The van der Waals surface area contributed by atoms with Crippen LogP contribution in [-0.2, 0) is 0 Å². The average Bonchev–Trinajstić information content (AvgIpc) is 3.80. The Morgan fingerprint density at radius 3 is 1.39 bits per heavy atom. The Labute approximate surface area is 328 Å². The van der Waals surface area contributed by atoms with Crippen molar-refractivity contribution in [3.8, 4) is 5.69 Å². The summed E-state index contributed by atoms with van der Waals surface area (Å²) in [5, 5.41) is 12.2. The molecule has 0 fully saturated rings. The van der Waals surface area contributed by atoms with Crippen molar-refractivity contribution in [3.63, 3.8) is 0 Å². The molecule has 0 saturated heterocycles. The molecule has 0 amide bonds. The molecule has 3 heterocycles. The van der Waals surface area contributed by atoms with Gasteiger partial charge >= 0.3 is 0 Å². The lowest BCUT2D eigenvalue weighted by molar-refractivity contribution is 0.381. The average molecular weight is 730 g/mol. The van der Waals surface area contributed by atoms with E-state index in [9.17, 15) is 0 Å². The fraction of sp³-hybridized carbons (Fsp3) is 0.0385. The molecule has 0 radical (unpaired) electrons. The maximum atomic E-state index is 5.44. The van der Waals surface area contributed by atoms with Crippen molar-refractivity contribution in [3.05, 3.63) is 199 Å². The lowest BCUT2D eigenvalue weighted by Crippen LogP contribution is -2.36. The molecule has 12 rings (SSSR count). The van der Waals surface area contributed by atoms with Crippen LogP contribution in [0.2, 0.25) is 0 Å². The van der Waals surface area contributed by atoms with Gasteiger partial charge in [0.15, 0.2) is 6.17 Å². The molecule has 0 spiro atoms. The van der Waals surface area contributed by atoms with Crippen LogP contribution in [0.4, 0.5) is 0 Å². The molecular formula is C52H35N5. The highest BCUT2D eigenvalue weighted by Gasteiger charge is 2.28. The van der Waals surface area contributed by atoms with Gasteiger partial charge in [-0.05, 0) is 80.3 Å². The van der Waals surface area contributed by atoms with E-state index in [4.69, 9.17) is 9.98 Å². The third-order valence-corrected chi connectivity index (χ3v) is 11.9. The monoisotopic (exact) mass is 729 g/mol. The molecule has 11 aromatic rings. The highest BCUT2D eigenvalue weighted by Crippen LogP contribution is 2.40. The minimum Gasteiger partial charge on any atom is -0.333 e. The van der Waals surface area contributed by atoms with Gasteiger partial charge in [0.2, 0.25) is 5.96 Å². The second-order valence-electron chi connectivity index (χ2n) is 15.0. The van der Waals surface area contributed by atoms with Crippen molar-refractivity contribution >= 4 is 87.7 Å². The fourth-order valence-corrected chi connectivity index (χ4v) is 9.38. The van der Waals surface area contributed by atoms with Gasteiger partial charge in [-0.3, -0.25) is 4.57 Å². The third kappa shape index (κ3) is 4.69. The van der Waals surface area contributed by atoms with E-state index < -0.39 is 0 Å². The summed E-state index contributed by atoms with van der Waals surface area (Å²) in [5.74, 6) is 1.55. The first-order valence-corrected chi connectivity index (χ1v) is 19.5. The van der Waals surface area contributed by atoms with E-state index in [0.29, 0.717) is 5.96 Å². The van der Waals surface area contributed by atoms with Gasteiger partial charge in [0.05, 0.1) is 22.1 Å². The number of aromatic nitrogens is 2. The molecule has 268 valence electrons. The van der Waals surface area contributed by atoms with E-state index in [1.165, 1.54) is 64.9 Å². The van der Waals surface area contributed by atoms with Crippen molar-refractivity contribution in [2.45, 2.75) is 6.17 Å². The first-order valence-electron chi connectivity index (χ1n) is 19.5. The summed E-state index contributed by atoms with van der Waals surface area (Å²) in [6.07, 6.45) is -0.267. The minimum absolute atomic E-state index is 0.267. The number of benzene rings is 9. The van der Waals surface area contributed by atoms with E-state index in [2.05, 4.69) is 209 Å². The zero-order valence-electron chi connectivity index (χ0n) is 31.2. The lowest BCUT2D eigenvalue weighted by Gasteiger charge is -2.32. The van der Waals surface area contributed by atoms with Crippen molar-refractivity contribution in [2.75, 3.05) is 7.05 Å². The number of fused-ring (bicyclic) bond motifs is 12. The molecule has 1 aliphatic rings. The van der Waals surface area contributed by atoms with Crippen molar-refractivity contribution in [2.24, 2.45) is 9.98 Å². The molecular weight excluding hydrogens is 695 g/mol. The van der Waals surface area contributed by atoms with Crippen LogP contribution in [0.25, 0.3) is 81.6 Å². The Bertz CT molecular complexity index is 3370. The summed E-state index contributed by atoms with van der Waals surface area (Å²) in [6.45, 7) is 0. The van der Waals surface area contributed by atoms with Crippen molar-refractivity contribution in [1.82, 2.24) is 14.0 Å². The molecule has 1 unspecified atom stereocenters. The normalized spacial score (nSPS) is 14.8. The number of amidine groups is 1. The van der Waals surface area contributed by atoms with Crippen molar-refractivity contribution in [1.29, 1.82) is 0 Å². The standard InChI is InChI=1S/C52H35N5/c1-55-50(33-15-3-2-4-16-33)53-52(57-48-25-13-9-21-42(48)43-22-10-14-26-49(43)57)54-51(55)34-27-29-38-39-30-28-35(32-45(39)37-18-6-5-17-36(37)44(38)31-34)56-46-23-11-7-19-40(46)41-20-8-12-24-47(41)56/h2-32,50H,1H3.